The maximum atomic E-state index is 12.6. The molecule has 3 aromatic rings. The molecular weight excluding hydrogens is 574 g/mol. The van der Waals surface area contributed by atoms with Gasteiger partial charge in [0, 0.05) is 11.9 Å². The zero-order valence-electron chi connectivity index (χ0n) is 20.2. The molecule has 4 N–H and O–H groups in total. The van der Waals surface area contributed by atoms with Gasteiger partial charge in [-0.2, -0.15) is 9.29 Å². The van der Waals surface area contributed by atoms with Crippen LogP contribution in [0.3, 0.4) is 0 Å². The molecule has 2 aromatic carbocycles. The van der Waals surface area contributed by atoms with E-state index in [-0.39, 0.29) is 6.61 Å². The van der Waals surface area contributed by atoms with Crippen molar-refractivity contribution in [2.75, 3.05) is 6.61 Å². The highest BCUT2D eigenvalue weighted by Gasteiger charge is 2.46. The minimum atomic E-state index is -5.17. The molecular formula is C23H26N2O11P2S. The Kier molecular flexibility index (Phi) is 9.92. The Bertz CT molecular complexity index is 1400. The van der Waals surface area contributed by atoms with Crippen LogP contribution in [0.2, 0.25) is 0 Å². The summed E-state index contributed by atoms with van der Waals surface area (Å²) in [4.78, 5) is 36.2. The molecule has 0 radical (unpaired) electrons. The maximum absolute atomic E-state index is 12.6. The van der Waals surface area contributed by atoms with Crippen LogP contribution in [-0.2, 0) is 39.6 Å². The fraction of sp³-hybridized carbons (Fsp3) is 0.304. The average molecular weight is 600 g/mol. The summed E-state index contributed by atoms with van der Waals surface area (Å²) in [6.07, 6.45) is -4.67. The summed E-state index contributed by atoms with van der Waals surface area (Å²) >= 11 is 1.33. The Morgan fingerprint density at radius 1 is 0.897 bits per heavy atom. The molecule has 0 amide bonds. The SMILES string of the molecule is O=c1nc(SCc2ccccc2)ccn1[C@@H]1O[C@H](COP(=O)(O)OP(=O)(O)OCc2ccccc2)C(O)C1O. The number of hydrogen-bond acceptors (Lipinski definition) is 11. The van der Waals surface area contributed by atoms with Gasteiger partial charge in [0.15, 0.2) is 6.23 Å². The smallest absolute Gasteiger partial charge is 0.387 e. The third-order valence-corrected chi connectivity index (χ3v) is 9.07. The second kappa shape index (κ2) is 13.0. The van der Waals surface area contributed by atoms with Crippen molar-refractivity contribution in [2.45, 2.75) is 41.9 Å². The number of phosphoric ester groups is 2. The third-order valence-electron chi connectivity index (χ3n) is 5.49. The van der Waals surface area contributed by atoms with E-state index in [0.717, 1.165) is 10.1 Å². The molecule has 4 rings (SSSR count). The highest BCUT2D eigenvalue weighted by atomic mass is 32.2. The van der Waals surface area contributed by atoms with E-state index in [2.05, 4.69) is 9.29 Å². The van der Waals surface area contributed by atoms with Gasteiger partial charge in [0.2, 0.25) is 0 Å². The van der Waals surface area contributed by atoms with Gasteiger partial charge in [0.05, 0.1) is 13.2 Å². The number of thioether (sulfide) groups is 1. The zero-order valence-corrected chi connectivity index (χ0v) is 22.8. The Morgan fingerprint density at radius 2 is 1.51 bits per heavy atom. The quantitative estimate of drug-likeness (QED) is 0.135. The van der Waals surface area contributed by atoms with Crippen LogP contribution in [0.25, 0.3) is 0 Å². The molecule has 1 aliphatic rings. The summed E-state index contributed by atoms with van der Waals surface area (Å²) in [7, 11) is -10.2. The maximum Gasteiger partial charge on any atom is 0.481 e. The Morgan fingerprint density at radius 3 is 2.15 bits per heavy atom. The average Bonchev–Trinajstić information content (AvgIpc) is 3.19. The fourth-order valence-corrected chi connectivity index (χ4v) is 6.45. The number of benzene rings is 2. The first kappa shape index (κ1) is 29.8. The van der Waals surface area contributed by atoms with Crippen molar-refractivity contribution in [3.63, 3.8) is 0 Å². The van der Waals surface area contributed by atoms with Gasteiger partial charge < -0.3 is 24.7 Å². The molecule has 1 aromatic heterocycles. The van der Waals surface area contributed by atoms with Crippen molar-refractivity contribution in [2.24, 2.45) is 0 Å². The minimum absolute atomic E-state index is 0.376. The van der Waals surface area contributed by atoms with Crippen LogP contribution in [-0.4, -0.2) is 54.5 Å². The van der Waals surface area contributed by atoms with E-state index in [9.17, 15) is 33.9 Å². The lowest BCUT2D eigenvalue weighted by atomic mass is 10.1. The molecule has 16 heteroatoms. The topological polar surface area (TPSA) is 187 Å². The Balaban J connectivity index is 1.32. The number of nitrogens with zero attached hydrogens (tertiary/aromatic N) is 2. The highest BCUT2D eigenvalue weighted by Crippen LogP contribution is 2.60. The van der Waals surface area contributed by atoms with Crippen molar-refractivity contribution >= 4 is 27.4 Å². The van der Waals surface area contributed by atoms with E-state index in [1.54, 1.807) is 36.4 Å². The van der Waals surface area contributed by atoms with Crippen molar-refractivity contribution in [1.82, 2.24) is 9.55 Å². The first-order chi connectivity index (χ1) is 18.5. The van der Waals surface area contributed by atoms with Crippen LogP contribution < -0.4 is 5.69 Å². The van der Waals surface area contributed by atoms with E-state index in [0.29, 0.717) is 16.3 Å². The fourth-order valence-electron chi connectivity index (χ4n) is 3.57. The summed E-state index contributed by atoms with van der Waals surface area (Å²) in [5.41, 5.74) is 0.803. The van der Waals surface area contributed by atoms with Crippen molar-refractivity contribution in [3.8, 4) is 0 Å². The first-order valence-corrected chi connectivity index (χ1v) is 15.5. The van der Waals surface area contributed by atoms with Gasteiger partial charge in [-0.3, -0.25) is 13.6 Å². The molecule has 13 nitrogen and oxygen atoms in total. The van der Waals surface area contributed by atoms with Crippen LogP contribution in [0, 0.1) is 0 Å². The predicted octanol–water partition coefficient (Wildman–Crippen LogP) is 2.61. The number of rotatable bonds is 12. The van der Waals surface area contributed by atoms with Crippen LogP contribution in [0.5, 0.6) is 0 Å². The van der Waals surface area contributed by atoms with Gasteiger partial charge >= 0.3 is 21.3 Å². The van der Waals surface area contributed by atoms with Gasteiger partial charge in [-0.25, -0.2) is 13.9 Å². The number of ether oxygens (including phenoxy) is 1. The van der Waals surface area contributed by atoms with Gasteiger partial charge in [-0.1, -0.05) is 60.7 Å². The lowest BCUT2D eigenvalue weighted by Crippen LogP contribution is -2.36. The number of hydrogen-bond donors (Lipinski definition) is 4. The molecule has 0 spiro atoms. The number of aliphatic hydroxyl groups is 2. The van der Waals surface area contributed by atoms with Crippen LogP contribution in [0.1, 0.15) is 17.4 Å². The van der Waals surface area contributed by atoms with E-state index < -0.39 is 52.5 Å². The molecule has 6 atom stereocenters. The van der Waals surface area contributed by atoms with Gasteiger partial charge in [0.25, 0.3) is 0 Å². The standard InChI is InChI=1S/C23H26N2O11P2S/c26-20-18(14-34-38(31,32)36-37(29,30)33-13-16-7-3-1-4-8-16)35-22(21(20)27)25-12-11-19(24-23(25)28)39-15-17-9-5-2-6-10-17/h1-12,18,20-22,26-27H,13-15H2,(H,29,30)(H,31,32)/t18-,20?,21?,22-/m1/s1. The summed E-state index contributed by atoms with van der Waals surface area (Å²) in [5.74, 6) is 0.583. The molecule has 2 heterocycles. The van der Waals surface area contributed by atoms with Crippen LogP contribution in [0.4, 0.5) is 0 Å². The van der Waals surface area contributed by atoms with Crippen molar-refractivity contribution < 1.29 is 47.2 Å². The van der Waals surface area contributed by atoms with Gasteiger partial charge in [-0.15, -0.1) is 11.8 Å². The minimum Gasteiger partial charge on any atom is -0.387 e. The largest absolute Gasteiger partial charge is 0.481 e. The number of aliphatic hydroxyl groups excluding tert-OH is 2. The van der Waals surface area contributed by atoms with E-state index in [4.69, 9.17) is 13.8 Å². The summed E-state index contributed by atoms with van der Waals surface area (Å²) < 4.78 is 44.5. The normalized spacial score (nSPS) is 24.2. The highest BCUT2D eigenvalue weighted by molar-refractivity contribution is 7.98. The van der Waals surface area contributed by atoms with Crippen LogP contribution >= 0.6 is 27.4 Å². The molecule has 210 valence electrons. The molecule has 0 bridgehead atoms. The molecule has 1 aliphatic heterocycles. The Hall–Kier alpha value is -2.19. The molecule has 0 saturated carbocycles. The second-order valence-corrected chi connectivity index (χ2v) is 12.4. The number of phosphoric acid groups is 2. The van der Waals surface area contributed by atoms with Gasteiger partial charge in [0.1, 0.15) is 23.3 Å². The molecule has 39 heavy (non-hydrogen) atoms. The van der Waals surface area contributed by atoms with Gasteiger partial charge in [-0.05, 0) is 17.2 Å². The molecule has 0 aliphatic carbocycles. The Labute approximate surface area is 227 Å². The molecule has 4 unspecified atom stereocenters. The zero-order chi connectivity index (χ0) is 28.0. The van der Waals surface area contributed by atoms with E-state index >= 15 is 0 Å². The van der Waals surface area contributed by atoms with E-state index in [1.165, 1.54) is 18.0 Å². The second-order valence-electron chi connectivity index (χ2n) is 8.35. The number of aromatic nitrogens is 2. The third kappa shape index (κ3) is 8.40. The van der Waals surface area contributed by atoms with Crippen LogP contribution in [0.15, 0.2) is 82.7 Å². The predicted molar refractivity (Wildman–Crippen MR) is 138 cm³/mol. The summed E-state index contributed by atoms with van der Waals surface area (Å²) in [6.45, 7) is -1.20. The van der Waals surface area contributed by atoms with Crippen molar-refractivity contribution in [1.29, 1.82) is 0 Å². The first-order valence-electron chi connectivity index (χ1n) is 11.5. The lowest BCUT2D eigenvalue weighted by molar-refractivity contribution is -0.0544. The molecule has 1 fully saturated rings. The summed E-state index contributed by atoms with van der Waals surface area (Å²) in [6, 6.07) is 19.4. The monoisotopic (exact) mass is 600 g/mol. The van der Waals surface area contributed by atoms with Crippen molar-refractivity contribution in [3.05, 3.63) is 94.5 Å². The van der Waals surface area contributed by atoms with E-state index in [1.807, 2.05) is 30.3 Å². The summed E-state index contributed by atoms with van der Waals surface area (Å²) in [5, 5.41) is 21.2. The molecule has 1 saturated heterocycles. The lowest BCUT2D eigenvalue weighted by Gasteiger charge is -2.19.